The Kier molecular flexibility index (Phi) is 2.85. The molecule has 1 aromatic carbocycles. The largest absolute Gasteiger partial charge is 0.378 e. The number of hydrogen-bond donors (Lipinski definition) is 2. The number of amides is 2. The van der Waals surface area contributed by atoms with Gasteiger partial charge in [-0.25, -0.2) is 4.79 Å². The van der Waals surface area contributed by atoms with Crippen LogP contribution in [0.5, 0.6) is 0 Å². The zero-order valence-corrected chi connectivity index (χ0v) is 9.85. The van der Waals surface area contributed by atoms with Gasteiger partial charge in [0.05, 0.1) is 18.7 Å². The fraction of sp³-hybridized carbons (Fsp3) is 0.333. The second kappa shape index (κ2) is 4.66. The fourth-order valence-electron chi connectivity index (χ4n) is 2.01. The molecule has 94 valence electrons. The number of anilines is 1. The van der Waals surface area contributed by atoms with Crippen molar-refractivity contribution in [2.75, 3.05) is 31.6 Å². The first-order chi connectivity index (χ1) is 8.84. The van der Waals surface area contributed by atoms with Gasteiger partial charge in [0.15, 0.2) is 5.82 Å². The molecule has 18 heavy (non-hydrogen) atoms. The Balaban J connectivity index is 1.77. The molecule has 0 spiro atoms. The molecule has 1 saturated heterocycles. The van der Waals surface area contributed by atoms with Crippen molar-refractivity contribution in [3.63, 3.8) is 0 Å². The van der Waals surface area contributed by atoms with Crippen LogP contribution in [0.15, 0.2) is 24.3 Å². The van der Waals surface area contributed by atoms with E-state index in [1.807, 2.05) is 24.3 Å². The van der Waals surface area contributed by atoms with Crippen LogP contribution >= 0.6 is 0 Å². The zero-order valence-electron chi connectivity index (χ0n) is 9.85. The summed E-state index contributed by atoms with van der Waals surface area (Å²) < 4.78 is 5.21. The van der Waals surface area contributed by atoms with Crippen LogP contribution in [0, 0.1) is 0 Å². The molecule has 1 aliphatic rings. The normalized spacial score (nSPS) is 15.9. The molecule has 0 bridgehead atoms. The molecule has 0 atom stereocenters. The Bertz CT molecular complexity index is 560. The highest BCUT2D eigenvalue weighted by atomic mass is 16.5. The molecule has 6 heteroatoms. The number of rotatable bonds is 1. The zero-order chi connectivity index (χ0) is 12.4. The molecule has 2 aromatic rings. The summed E-state index contributed by atoms with van der Waals surface area (Å²) in [5, 5.41) is 10.7. The number of nitrogens with one attached hydrogen (secondary N) is 2. The molecule has 2 heterocycles. The van der Waals surface area contributed by atoms with Crippen LogP contribution in [0.25, 0.3) is 10.9 Å². The van der Waals surface area contributed by atoms with E-state index in [4.69, 9.17) is 4.74 Å². The molecule has 3 rings (SSSR count). The summed E-state index contributed by atoms with van der Waals surface area (Å²) in [4.78, 5) is 13.7. The van der Waals surface area contributed by atoms with Gasteiger partial charge in [-0.15, -0.1) is 0 Å². The van der Waals surface area contributed by atoms with E-state index in [2.05, 4.69) is 15.5 Å². The molecule has 0 saturated carbocycles. The molecule has 0 aliphatic carbocycles. The first-order valence-corrected chi connectivity index (χ1v) is 5.91. The number of morpholine rings is 1. The van der Waals surface area contributed by atoms with E-state index in [1.54, 1.807) is 4.90 Å². The second-order valence-corrected chi connectivity index (χ2v) is 4.15. The molecule has 0 radical (unpaired) electrons. The number of carbonyl (C=O) groups excluding carboxylic acids is 1. The van der Waals surface area contributed by atoms with Gasteiger partial charge in [0.25, 0.3) is 0 Å². The van der Waals surface area contributed by atoms with Crippen molar-refractivity contribution in [1.29, 1.82) is 0 Å². The standard InChI is InChI=1S/C12H14N4O2/c17-12(16-5-7-18-8-6-16)13-11-9-3-1-2-4-10(9)14-15-11/h1-4H,5-8H2,(H2,13,14,15,17). The lowest BCUT2D eigenvalue weighted by molar-refractivity contribution is 0.0564. The number of benzene rings is 1. The smallest absolute Gasteiger partial charge is 0.323 e. The fourth-order valence-corrected chi connectivity index (χ4v) is 2.01. The average molecular weight is 246 g/mol. The number of ether oxygens (including phenoxy) is 1. The van der Waals surface area contributed by atoms with E-state index in [-0.39, 0.29) is 6.03 Å². The third-order valence-corrected chi connectivity index (χ3v) is 2.99. The lowest BCUT2D eigenvalue weighted by Crippen LogP contribution is -2.43. The minimum Gasteiger partial charge on any atom is -0.378 e. The number of aromatic amines is 1. The number of hydrogen-bond acceptors (Lipinski definition) is 3. The molecular formula is C12H14N4O2. The summed E-state index contributed by atoms with van der Waals surface area (Å²) in [6.07, 6.45) is 0. The van der Waals surface area contributed by atoms with E-state index >= 15 is 0 Å². The van der Waals surface area contributed by atoms with Crippen LogP contribution in [0.4, 0.5) is 10.6 Å². The van der Waals surface area contributed by atoms with Gasteiger partial charge in [-0.2, -0.15) is 5.10 Å². The topological polar surface area (TPSA) is 70.2 Å². The maximum absolute atomic E-state index is 12.0. The van der Waals surface area contributed by atoms with Crippen molar-refractivity contribution in [2.24, 2.45) is 0 Å². The van der Waals surface area contributed by atoms with Crippen LogP contribution in [-0.4, -0.2) is 47.4 Å². The van der Waals surface area contributed by atoms with Crippen molar-refractivity contribution in [2.45, 2.75) is 0 Å². The monoisotopic (exact) mass is 246 g/mol. The number of urea groups is 1. The molecule has 2 amide bonds. The Labute approximate surface area is 104 Å². The van der Waals surface area contributed by atoms with Gasteiger partial charge in [0.1, 0.15) is 0 Å². The van der Waals surface area contributed by atoms with E-state index in [0.717, 1.165) is 10.9 Å². The predicted molar refractivity (Wildman–Crippen MR) is 67.5 cm³/mol. The minimum atomic E-state index is -0.129. The summed E-state index contributed by atoms with van der Waals surface area (Å²) in [5.41, 5.74) is 0.912. The number of carbonyl (C=O) groups is 1. The predicted octanol–water partition coefficient (Wildman–Crippen LogP) is 1.43. The van der Waals surface area contributed by atoms with Crippen LogP contribution in [0.2, 0.25) is 0 Å². The summed E-state index contributed by atoms with van der Waals surface area (Å²) in [7, 11) is 0. The van der Waals surface area contributed by atoms with Crippen LogP contribution in [0.3, 0.4) is 0 Å². The number of aromatic nitrogens is 2. The molecule has 1 aliphatic heterocycles. The van der Waals surface area contributed by atoms with Gasteiger partial charge in [0, 0.05) is 18.5 Å². The molecule has 2 N–H and O–H groups in total. The number of fused-ring (bicyclic) bond motifs is 1. The number of para-hydroxylation sites is 1. The van der Waals surface area contributed by atoms with Crippen molar-refractivity contribution in [3.8, 4) is 0 Å². The summed E-state index contributed by atoms with van der Waals surface area (Å²) in [6.45, 7) is 2.42. The highest BCUT2D eigenvalue weighted by Gasteiger charge is 2.18. The van der Waals surface area contributed by atoms with Gasteiger partial charge in [0.2, 0.25) is 0 Å². The third kappa shape index (κ3) is 2.02. The summed E-state index contributed by atoms with van der Waals surface area (Å²) >= 11 is 0. The lowest BCUT2D eigenvalue weighted by Gasteiger charge is -2.26. The van der Waals surface area contributed by atoms with Gasteiger partial charge in [-0.05, 0) is 12.1 Å². The molecule has 0 unspecified atom stereocenters. The molecule has 1 fully saturated rings. The van der Waals surface area contributed by atoms with Gasteiger partial charge in [-0.3, -0.25) is 10.4 Å². The second-order valence-electron chi connectivity index (χ2n) is 4.15. The van der Waals surface area contributed by atoms with Crippen molar-refractivity contribution in [3.05, 3.63) is 24.3 Å². The Morgan fingerprint density at radius 3 is 2.94 bits per heavy atom. The van der Waals surface area contributed by atoms with Gasteiger partial charge < -0.3 is 9.64 Å². The van der Waals surface area contributed by atoms with Crippen LogP contribution < -0.4 is 5.32 Å². The van der Waals surface area contributed by atoms with Gasteiger partial charge in [-0.1, -0.05) is 12.1 Å². The SMILES string of the molecule is O=C(Nc1n[nH]c2ccccc12)N1CCOCC1. The lowest BCUT2D eigenvalue weighted by atomic mass is 10.2. The van der Waals surface area contributed by atoms with Crippen LogP contribution in [-0.2, 0) is 4.74 Å². The third-order valence-electron chi connectivity index (χ3n) is 2.99. The Morgan fingerprint density at radius 2 is 2.11 bits per heavy atom. The molecule has 6 nitrogen and oxygen atoms in total. The number of H-pyrrole nitrogens is 1. The first-order valence-electron chi connectivity index (χ1n) is 5.91. The minimum absolute atomic E-state index is 0.129. The maximum Gasteiger partial charge on any atom is 0.323 e. The van der Waals surface area contributed by atoms with E-state index in [0.29, 0.717) is 32.1 Å². The highest BCUT2D eigenvalue weighted by molar-refractivity contribution is 5.98. The highest BCUT2D eigenvalue weighted by Crippen LogP contribution is 2.19. The Morgan fingerprint density at radius 1 is 1.33 bits per heavy atom. The Hall–Kier alpha value is -2.08. The summed E-state index contributed by atoms with van der Waals surface area (Å²) in [6, 6.07) is 7.56. The van der Waals surface area contributed by atoms with Crippen LogP contribution in [0.1, 0.15) is 0 Å². The molecule has 1 aromatic heterocycles. The van der Waals surface area contributed by atoms with Crippen molar-refractivity contribution >= 4 is 22.8 Å². The van der Waals surface area contributed by atoms with E-state index < -0.39 is 0 Å². The summed E-state index contributed by atoms with van der Waals surface area (Å²) in [5.74, 6) is 0.571. The quantitative estimate of drug-likeness (QED) is 0.799. The van der Waals surface area contributed by atoms with Crippen molar-refractivity contribution in [1.82, 2.24) is 15.1 Å². The van der Waals surface area contributed by atoms with Gasteiger partial charge >= 0.3 is 6.03 Å². The first kappa shape index (κ1) is 11.0. The van der Waals surface area contributed by atoms with Crippen molar-refractivity contribution < 1.29 is 9.53 Å². The molecular weight excluding hydrogens is 232 g/mol. The van der Waals surface area contributed by atoms with E-state index in [9.17, 15) is 4.79 Å². The van der Waals surface area contributed by atoms with E-state index in [1.165, 1.54) is 0 Å². The average Bonchev–Trinajstić information content (AvgIpc) is 2.83. The maximum atomic E-state index is 12.0. The number of nitrogens with zero attached hydrogens (tertiary/aromatic N) is 2.